The largest absolute Gasteiger partial charge is 0.396 e. The van der Waals surface area contributed by atoms with Crippen molar-refractivity contribution in [3.05, 3.63) is 0 Å². The topological polar surface area (TPSA) is 99.8 Å². The predicted octanol–water partition coefficient (Wildman–Crippen LogP) is 0.597. The van der Waals surface area contributed by atoms with Crippen molar-refractivity contribution in [2.45, 2.75) is 26.2 Å². The van der Waals surface area contributed by atoms with Crippen LogP contribution in [0.3, 0.4) is 0 Å². The number of aliphatic hydroxyl groups is 1. The van der Waals surface area contributed by atoms with Crippen LogP contribution in [0, 0.1) is 5.92 Å². The lowest BCUT2D eigenvalue weighted by Crippen LogP contribution is -2.16. The molecule has 0 radical (unpaired) electrons. The highest BCUT2D eigenvalue weighted by Crippen LogP contribution is 2.11. The highest BCUT2D eigenvalue weighted by atomic mass is 16.3. The molecular weight excluding hydrogens is 194 g/mol. The summed E-state index contributed by atoms with van der Waals surface area (Å²) in [6.07, 6.45) is 3.01. The molecular formula is C9H19N5O. The van der Waals surface area contributed by atoms with Gasteiger partial charge in [-0.25, -0.2) is 5.10 Å². The van der Waals surface area contributed by atoms with Crippen molar-refractivity contribution in [2.75, 3.05) is 24.2 Å². The quantitative estimate of drug-likeness (QED) is 0.531. The third-order valence-corrected chi connectivity index (χ3v) is 2.29. The molecule has 1 unspecified atom stereocenters. The highest BCUT2D eigenvalue weighted by Gasteiger charge is 2.08. The van der Waals surface area contributed by atoms with E-state index in [1.165, 1.54) is 0 Å². The zero-order valence-corrected chi connectivity index (χ0v) is 9.03. The van der Waals surface area contributed by atoms with E-state index in [-0.39, 0.29) is 6.61 Å². The van der Waals surface area contributed by atoms with E-state index in [1.807, 2.05) is 0 Å². The first-order valence-corrected chi connectivity index (χ1v) is 5.28. The van der Waals surface area contributed by atoms with Crippen molar-refractivity contribution in [2.24, 2.45) is 5.92 Å². The van der Waals surface area contributed by atoms with Crippen molar-refractivity contribution in [3.8, 4) is 0 Å². The average molecular weight is 213 g/mol. The lowest BCUT2D eigenvalue weighted by Gasteiger charge is -2.14. The maximum Gasteiger partial charge on any atom is 0.243 e. The molecule has 1 rings (SSSR count). The second-order valence-electron chi connectivity index (χ2n) is 3.59. The predicted molar refractivity (Wildman–Crippen MR) is 59.4 cm³/mol. The van der Waals surface area contributed by atoms with Gasteiger partial charge in [0.2, 0.25) is 11.9 Å². The Labute approximate surface area is 89.3 Å². The van der Waals surface area contributed by atoms with Crippen molar-refractivity contribution < 1.29 is 5.11 Å². The Balaban J connectivity index is 2.32. The second kappa shape index (κ2) is 6.23. The summed E-state index contributed by atoms with van der Waals surface area (Å²) in [7, 11) is 0. The van der Waals surface area contributed by atoms with Crippen LogP contribution >= 0.6 is 0 Å². The zero-order valence-electron chi connectivity index (χ0n) is 9.03. The molecule has 0 saturated carbocycles. The summed E-state index contributed by atoms with van der Waals surface area (Å²) in [5, 5.41) is 18.4. The number of rotatable bonds is 7. The summed E-state index contributed by atoms with van der Waals surface area (Å²) < 4.78 is 0. The van der Waals surface area contributed by atoms with Crippen molar-refractivity contribution >= 4 is 11.9 Å². The number of hydrogen-bond donors (Lipinski definition) is 4. The maximum atomic E-state index is 8.88. The van der Waals surface area contributed by atoms with Gasteiger partial charge in [0.15, 0.2) is 0 Å². The van der Waals surface area contributed by atoms with E-state index in [0.717, 1.165) is 25.8 Å². The molecule has 1 heterocycles. The van der Waals surface area contributed by atoms with Crippen LogP contribution in [-0.4, -0.2) is 33.4 Å². The molecule has 1 atom stereocenters. The summed E-state index contributed by atoms with van der Waals surface area (Å²) in [5.41, 5.74) is 5.39. The number of nitrogen functional groups attached to an aromatic ring is 1. The molecule has 0 saturated heterocycles. The van der Waals surface area contributed by atoms with Crippen LogP contribution in [0.4, 0.5) is 11.9 Å². The Hall–Kier alpha value is -1.30. The summed E-state index contributed by atoms with van der Waals surface area (Å²) in [6, 6.07) is 0. The second-order valence-corrected chi connectivity index (χ2v) is 3.59. The van der Waals surface area contributed by atoms with Crippen molar-refractivity contribution in [1.29, 1.82) is 0 Å². The minimum Gasteiger partial charge on any atom is -0.396 e. The molecule has 0 amide bonds. The monoisotopic (exact) mass is 213 g/mol. The molecule has 1 aromatic rings. The molecule has 0 spiro atoms. The first-order valence-electron chi connectivity index (χ1n) is 5.28. The van der Waals surface area contributed by atoms with Gasteiger partial charge in [-0.05, 0) is 18.8 Å². The van der Waals surface area contributed by atoms with E-state index in [0.29, 0.717) is 17.8 Å². The smallest absolute Gasteiger partial charge is 0.243 e. The van der Waals surface area contributed by atoms with E-state index >= 15 is 0 Å². The lowest BCUT2D eigenvalue weighted by atomic mass is 10.0. The number of aromatic nitrogens is 3. The number of H-pyrrole nitrogens is 1. The molecule has 15 heavy (non-hydrogen) atoms. The molecule has 86 valence electrons. The van der Waals surface area contributed by atoms with E-state index in [1.54, 1.807) is 0 Å². The van der Waals surface area contributed by atoms with Gasteiger partial charge in [0.1, 0.15) is 0 Å². The van der Waals surface area contributed by atoms with Gasteiger partial charge in [0.25, 0.3) is 0 Å². The van der Waals surface area contributed by atoms with E-state index in [4.69, 9.17) is 10.8 Å². The normalized spacial score (nSPS) is 12.7. The number of aliphatic hydroxyl groups excluding tert-OH is 1. The van der Waals surface area contributed by atoms with Crippen molar-refractivity contribution in [3.63, 3.8) is 0 Å². The lowest BCUT2D eigenvalue weighted by molar-refractivity contribution is 0.255. The Bertz CT molecular complexity index is 269. The number of nitrogens with one attached hydrogen (secondary N) is 2. The summed E-state index contributed by atoms with van der Waals surface area (Å²) in [5.74, 6) is 1.29. The first-order chi connectivity index (χ1) is 7.26. The fourth-order valence-electron chi connectivity index (χ4n) is 1.53. The van der Waals surface area contributed by atoms with Gasteiger partial charge in [-0.1, -0.05) is 13.3 Å². The molecule has 0 fully saturated rings. The molecule has 1 aromatic heterocycles. The van der Waals surface area contributed by atoms with Gasteiger partial charge in [0.05, 0.1) is 0 Å². The van der Waals surface area contributed by atoms with Gasteiger partial charge in [-0.15, -0.1) is 5.10 Å². The van der Waals surface area contributed by atoms with E-state index in [9.17, 15) is 0 Å². The minimum absolute atomic E-state index is 0.225. The van der Waals surface area contributed by atoms with Gasteiger partial charge < -0.3 is 16.2 Å². The molecule has 0 bridgehead atoms. The summed E-state index contributed by atoms with van der Waals surface area (Å²) in [4.78, 5) is 3.94. The third-order valence-electron chi connectivity index (χ3n) is 2.29. The first kappa shape index (κ1) is 11.8. The van der Waals surface area contributed by atoms with E-state index < -0.39 is 0 Å². The molecule has 0 aliphatic rings. The fraction of sp³-hybridized carbons (Fsp3) is 0.778. The zero-order chi connectivity index (χ0) is 11.1. The Morgan fingerprint density at radius 3 is 2.87 bits per heavy atom. The van der Waals surface area contributed by atoms with Crippen LogP contribution in [0.1, 0.15) is 26.2 Å². The number of nitrogens with two attached hydrogens (primary N) is 1. The Morgan fingerprint density at radius 2 is 2.33 bits per heavy atom. The van der Waals surface area contributed by atoms with Crippen LogP contribution in [-0.2, 0) is 0 Å². The third kappa shape index (κ3) is 4.16. The molecule has 6 nitrogen and oxygen atoms in total. The van der Waals surface area contributed by atoms with Gasteiger partial charge >= 0.3 is 0 Å². The van der Waals surface area contributed by atoms with E-state index in [2.05, 4.69) is 27.4 Å². The van der Waals surface area contributed by atoms with Crippen LogP contribution in [0.2, 0.25) is 0 Å². The molecule has 0 aliphatic carbocycles. The Kier molecular flexibility index (Phi) is 4.89. The Morgan fingerprint density at radius 1 is 1.53 bits per heavy atom. The standard InChI is InChI=1S/C9H19N5O/c1-2-3-7(4-5-15)6-11-9-12-8(10)13-14-9/h7,15H,2-6H2,1H3,(H4,10,11,12,13,14). The number of hydrogen-bond acceptors (Lipinski definition) is 5. The maximum absolute atomic E-state index is 8.88. The fourth-order valence-corrected chi connectivity index (χ4v) is 1.53. The average Bonchev–Trinajstić information content (AvgIpc) is 2.61. The molecule has 6 heteroatoms. The number of aromatic amines is 1. The molecule has 0 aromatic carbocycles. The SMILES string of the molecule is CCCC(CCO)CNc1n[nH]c(N)n1. The summed E-state index contributed by atoms with van der Waals surface area (Å²) >= 11 is 0. The molecule has 0 aliphatic heterocycles. The highest BCUT2D eigenvalue weighted by molar-refractivity contribution is 5.29. The van der Waals surface area contributed by atoms with Gasteiger partial charge in [0, 0.05) is 13.2 Å². The number of nitrogens with zero attached hydrogens (tertiary/aromatic N) is 2. The summed E-state index contributed by atoms with van der Waals surface area (Å²) in [6.45, 7) is 3.13. The molecule has 5 N–H and O–H groups in total. The van der Waals surface area contributed by atoms with Crippen LogP contribution in [0.15, 0.2) is 0 Å². The number of anilines is 2. The van der Waals surface area contributed by atoms with Crippen LogP contribution < -0.4 is 11.1 Å². The van der Waals surface area contributed by atoms with Gasteiger partial charge in [-0.3, -0.25) is 0 Å². The van der Waals surface area contributed by atoms with Crippen LogP contribution in [0.25, 0.3) is 0 Å². The van der Waals surface area contributed by atoms with Crippen molar-refractivity contribution in [1.82, 2.24) is 15.2 Å². The van der Waals surface area contributed by atoms with Gasteiger partial charge in [-0.2, -0.15) is 4.98 Å². The minimum atomic E-state index is 0.225. The van der Waals surface area contributed by atoms with Crippen LogP contribution in [0.5, 0.6) is 0 Å².